The minimum absolute atomic E-state index is 0. The summed E-state index contributed by atoms with van der Waals surface area (Å²) in [4.78, 5) is 0. The van der Waals surface area contributed by atoms with Crippen molar-refractivity contribution in [3.05, 3.63) is 103 Å². The maximum Gasteiger partial charge on any atom is 3.00 e. The van der Waals surface area contributed by atoms with Gasteiger partial charge in [0.25, 0.3) is 0 Å². The Labute approximate surface area is 139 Å². The monoisotopic (exact) mass is 394 g/mol. The minimum atomic E-state index is 0. The zero-order valence-electron chi connectivity index (χ0n) is 9.92. The summed E-state index contributed by atoms with van der Waals surface area (Å²) in [6.07, 6.45) is 0. The Hall–Kier alpha value is -0.976. The zero-order valence-corrected chi connectivity index (χ0v) is 11.6. The van der Waals surface area contributed by atoms with Crippen LogP contribution in [0, 0.1) is 49.0 Å². The molecule has 0 fully saturated rings. The van der Waals surface area contributed by atoms with Crippen molar-refractivity contribution < 1.29 is 36.9 Å². The Morgan fingerprint density at radius 2 is 0.889 bits per heavy atom. The summed E-state index contributed by atoms with van der Waals surface area (Å²) in [5.41, 5.74) is 0. The fraction of sp³-hybridized carbons (Fsp3) is 0. The summed E-state index contributed by atoms with van der Waals surface area (Å²) in [6.45, 7) is 0. The van der Waals surface area contributed by atoms with Gasteiger partial charge < -0.3 is 0 Å². The molecule has 0 saturated carbocycles. The van der Waals surface area contributed by atoms with E-state index in [1.807, 2.05) is 91.0 Å². The maximum absolute atomic E-state index is 2.89. The van der Waals surface area contributed by atoms with Gasteiger partial charge in [0.05, 0.1) is 0 Å². The first kappa shape index (κ1) is 17.0. The largest absolute Gasteiger partial charge is 3.00 e. The molecular weight excluding hydrogens is 379 g/mol. The maximum atomic E-state index is 2.89. The van der Waals surface area contributed by atoms with Crippen LogP contribution in [0.4, 0.5) is 0 Å². The molecule has 0 N–H and O–H groups in total. The summed E-state index contributed by atoms with van der Waals surface area (Å²) >= 11 is 0. The van der Waals surface area contributed by atoms with Gasteiger partial charge in [-0.3, -0.25) is 0 Å². The molecule has 0 spiro atoms. The molecule has 0 aliphatic carbocycles. The van der Waals surface area contributed by atoms with Crippen LogP contribution in [-0.4, -0.2) is 0 Å². The van der Waals surface area contributed by atoms with Crippen molar-refractivity contribution in [3.8, 4) is 0 Å². The molecule has 98 valence electrons. The van der Waals surface area contributed by atoms with E-state index in [1.165, 1.54) is 0 Å². The van der Waals surface area contributed by atoms with Crippen molar-refractivity contribution in [2.45, 2.75) is 0 Å². The van der Waals surface area contributed by atoms with E-state index in [0.29, 0.717) is 0 Å². The van der Waals surface area contributed by atoms with E-state index < -0.39 is 0 Å². The second-order valence-corrected chi connectivity index (χ2v) is 3.12. The van der Waals surface area contributed by atoms with Crippen LogP contribution in [-0.2, 0) is 0 Å². The van der Waals surface area contributed by atoms with Gasteiger partial charge in [0.2, 0.25) is 0 Å². The molecule has 0 aliphatic heterocycles. The van der Waals surface area contributed by atoms with Gasteiger partial charge in [-0.1, -0.05) is 0 Å². The van der Waals surface area contributed by atoms with Crippen LogP contribution in [0.15, 0.2) is 91.0 Å². The van der Waals surface area contributed by atoms with Crippen molar-refractivity contribution in [2.24, 2.45) is 0 Å². The predicted molar refractivity (Wildman–Crippen MR) is 72.6 cm³/mol. The van der Waals surface area contributed by atoms with Crippen LogP contribution in [0.2, 0.25) is 0 Å². The van der Waals surface area contributed by atoms with Crippen LogP contribution in [0.1, 0.15) is 0 Å². The van der Waals surface area contributed by atoms with Gasteiger partial charge in [-0.25, -0.2) is 12.1 Å². The summed E-state index contributed by atoms with van der Waals surface area (Å²) < 4.78 is 0. The second kappa shape index (κ2) is 14.1. The molecule has 1 heteroatoms. The SMILES string of the molecule is [Lu+3].[c-]1ccccc1.[c-]1ccccc1.c1cc[cH-]c1. The molecule has 0 radical (unpaired) electrons. The molecule has 3 aromatic rings. The number of rotatable bonds is 0. The first-order valence-corrected chi connectivity index (χ1v) is 5.49. The molecule has 0 amide bonds. The Kier molecular flexibility index (Phi) is 13.3. The van der Waals surface area contributed by atoms with Gasteiger partial charge in [-0.05, 0) is 0 Å². The standard InChI is InChI=1S/2C6H5.C5H5.Lu/c2*1-2-4-6-5-3-1;1-2-4-5-3-1;/h2*1-5H;1-5H;/q3*-1;+3. The van der Waals surface area contributed by atoms with Gasteiger partial charge in [-0.2, -0.15) is 91.0 Å². The van der Waals surface area contributed by atoms with Crippen LogP contribution in [0.3, 0.4) is 0 Å². The molecular formula is C17H15Lu. The van der Waals surface area contributed by atoms with E-state index in [4.69, 9.17) is 0 Å². The molecule has 0 nitrogen and oxygen atoms in total. The van der Waals surface area contributed by atoms with Crippen molar-refractivity contribution in [2.75, 3.05) is 0 Å². The van der Waals surface area contributed by atoms with E-state index in [1.54, 1.807) is 0 Å². The predicted octanol–water partition coefficient (Wildman–Crippen LogP) is 4.38. The smallest absolute Gasteiger partial charge is 0.214 e. The molecule has 0 aromatic heterocycles. The topological polar surface area (TPSA) is 0 Å². The van der Waals surface area contributed by atoms with E-state index in [9.17, 15) is 0 Å². The third-order valence-electron chi connectivity index (χ3n) is 1.77. The Bertz CT molecular complexity index is 316. The normalized spacial score (nSPS) is 7.56. The molecule has 3 aromatic carbocycles. The minimum Gasteiger partial charge on any atom is -0.214 e. The molecule has 0 unspecified atom stereocenters. The Morgan fingerprint density at radius 3 is 1.00 bits per heavy atom. The summed E-state index contributed by atoms with van der Waals surface area (Å²) in [5.74, 6) is 0. The number of hydrogen-bond donors (Lipinski definition) is 0. The van der Waals surface area contributed by atoms with Gasteiger partial charge in [0, 0.05) is 0 Å². The van der Waals surface area contributed by atoms with Crippen LogP contribution >= 0.6 is 0 Å². The zero-order chi connectivity index (χ0) is 12.0. The van der Waals surface area contributed by atoms with E-state index >= 15 is 0 Å². The summed E-state index contributed by atoms with van der Waals surface area (Å²) in [5, 5.41) is 0. The first-order valence-electron chi connectivity index (χ1n) is 5.49. The second-order valence-electron chi connectivity index (χ2n) is 3.12. The fourth-order valence-electron chi connectivity index (χ4n) is 1.00. The molecule has 18 heavy (non-hydrogen) atoms. The molecule has 3 rings (SSSR count). The average Bonchev–Trinajstić information content (AvgIpc) is 3.03. The quantitative estimate of drug-likeness (QED) is 0.497. The fourth-order valence-corrected chi connectivity index (χ4v) is 1.00. The third-order valence-corrected chi connectivity index (χ3v) is 1.77. The van der Waals surface area contributed by atoms with Crippen LogP contribution in [0.5, 0.6) is 0 Å². The molecule has 0 heterocycles. The molecule has 0 aliphatic rings. The van der Waals surface area contributed by atoms with Crippen molar-refractivity contribution in [3.63, 3.8) is 0 Å². The van der Waals surface area contributed by atoms with E-state index in [2.05, 4.69) is 12.1 Å². The van der Waals surface area contributed by atoms with Crippen LogP contribution < -0.4 is 0 Å². The summed E-state index contributed by atoms with van der Waals surface area (Å²) in [7, 11) is 0. The number of benzene rings is 2. The average molecular weight is 394 g/mol. The first-order chi connectivity index (χ1) is 8.50. The Morgan fingerprint density at radius 1 is 0.500 bits per heavy atom. The van der Waals surface area contributed by atoms with Crippen molar-refractivity contribution in [1.29, 1.82) is 0 Å². The van der Waals surface area contributed by atoms with Gasteiger partial charge in [-0.15, -0.1) is 0 Å². The third kappa shape index (κ3) is 11.5. The van der Waals surface area contributed by atoms with Crippen LogP contribution in [0.25, 0.3) is 0 Å². The molecule has 0 bridgehead atoms. The molecule has 0 saturated heterocycles. The van der Waals surface area contributed by atoms with Gasteiger partial charge in [0.1, 0.15) is 0 Å². The van der Waals surface area contributed by atoms with Crippen molar-refractivity contribution in [1.82, 2.24) is 0 Å². The van der Waals surface area contributed by atoms with E-state index in [0.717, 1.165) is 0 Å². The Balaban J connectivity index is 0.000000235. The number of hydrogen-bond acceptors (Lipinski definition) is 0. The van der Waals surface area contributed by atoms with E-state index in [-0.39, 0.29) is 36.9 Å². The van der Waals surface area contributed by atoms with Gasteiger partial charge in [0.15, 0.2) is 0 Å². The van der Waals surface area contributed by atoms with Crippen molar-refractivity contribution >= 4 is 0 Å². The molecule has 0 atom stereocenters. The van der Waals surface area contributed by atoms with Gasteiger partial charge >= 0.3 is 36.9 Å². The summed E-state index contributed by atoms with van der Waals surface area (Å²) in [6, 6.07) is 35.0.